The third-order valence-corrected chi connectivity index (χ3v) is 9.17. The van der Waals surface area contributed by atoms with E-state index in [4.69, 9.17) is 0 Å². The number of hydrogen-bond acceptors (Lipinski definition) is 0. The molecule has 1 aliphatic rings. The lowest BCUT2D eigenvalue weighted by Crippen LogP contribution is -2.26. The van der Waals surface area contributed by atoms with Crippen molar-refractivity contribution >= 4 is 44.7 Å². The zero-order valence-corrected chi connectivity index (χ0v) is 24.9. The van der Waals surface area contributed by atoms with E-state index in [9.17, 15) is 0 Å². The second-order valence-electron chi connectivity index (χ2n) is 12.5. The maximum Gasteiger partial charge on any atom is 0.0533 e. The van der Waals surface area contributed by atoms with E-state index >= 15 is 0 Å². The second-order valence-corrected chi connectivity index (χ2v) is 12.5. The lowest BCUT2D eigenvalue weighted by molar-refractivity contribution is 0.650. The summed E-state index contributed by atoms with van der Waals surface area (Å²) in [6.45, 7) is 11.5. The Morgan fingerprint density at radius 3 is 2.20 bits per heavy atom. The fourth-order valence-corrected chi connectivity index (χ4v) is 6.76. The molecule has 0 spiro atoms. The smallest absolute Gasteiger partial charge is 0.0533 e. The molecule has 1 nitrogen and oxygen atoms in total. The van der Waals surface area contributed by atoms with Gasteiger partial charge in [-0.25, -0.2) is 0 Å². The van der Waals surface area contributed by atoms with Crippen LogP contribution in [0.1, 0.15) is 75.6 Å². The minimum absolute atomic E-state index is 0.263. The first-order valence-corrected chi connectivity index (χ1v) is 15.3. The summed E-state index contributed by atoms with van der Waals surface area (Å²) in [5.74, 6) is 1.02. The van der Waals surface area contributed by atoms with E-state index < -0.39 is 0 Å². The first-order chi connectivity index (χ1) is 19.9. The van der Waals surface area contributed by atoms with Crippen LogP contribution < -0.4 is 10.4 Å². The minimum atomic E-state index is 0.263. The van der Waals surface area contributed by atoms with Gasteiger partial charge in [-0.3, -0.25) is 0 Å². The van der Waals surface area contributed by atoms with Gasteiger partial charge in [-0.15, -0.1) is 0 Å². The molecule has 5 aromatic carbocycles. The van der Waals surface area contributed by atoms with Gasteiger partial charge in [-0.05, 0) is 98.0 Å². The van der Waals surface area contributed by atoms with Gasteiger partial charge in [0.25, 0.3) is 0 Å². The molecule has 0 aliphatic carbocycles. The van der Waals surface area contributed by atoms with Crippen molar-refractivity contribution in [2.45, 2.75) is 65.3 Å². The Labute approximate surface area is 243 Å². The van der Waals surface area contributed by atoms with E-state index in [1.807, 2.05) is 0 Å². The summed E-state index contributed by atoms with van der Waals surface area (Å²) in [6.07, 6.45) is 6.92. The molecule has 7 rings (SSSR count). The Morgan fingerprint density at radius 2 is 1.44 bits per heavy atom. The van der Waals surface area contributed by atoms with E-state index in [-0.39, 0.29) is 6.04 Å². The van der Waals surface area contributed by atoms with Gasteiger partial charge in [-0.2, -0.15) is 0 Å². The Balaban J connectivity index is 1.61. The van der Waals surface area contributed by atoms with Crippen molar-refractivity contribution in [3.05, 3.63) is 118 Å². The first kappa shape index (κ1) is 25.8. The van der Waals surface area contributed by atoms with Crippen LogP contribution in [0, 0.1) is 0 Å². The van der Waals surface area contributed by atoms with Crippen LogP contribution in [0.5, 0.6) is 0 Å². The highest BCUT2D eigenvalue weighted by molar-refractivity contribution is 6.14. The number of aromatic nitrogens is 1. The summed E-state index contributed by atoms with van der Waals surface area (Å²) >= 11 is 0. The Bertz CT molecular complexity index is 2050. The quantitative estimate of drug-likeness (QED) is 0.213. The lowest BCUT2D eigenvalue weighted by atomic mass is 9.95. The highest BCUT2D eigenvalue weighted by atomic mass is 15.0. The lowest BCUT2D eigenvalue weighted by Gasteiger charge is -2.18. The summed E-state index contributed by atoms with van der Waals surface area (Å²) in [4.78, 5) is 0. The van der Waals surface area contributed by atoms with Crippen molar-refractivity contribution in [3.8, 4) is 11.1 Å². The van der Waals surface area contributed by atoms with Crippen LogP contribution in [0.25, 0.3) is 55.9 Å². The second kappa shape index (κ2) is 10.1. The van der Waals surface area contributed by atoms with Gasteiger partial charge >= 0.3 is 0 Å². The Kier molecular flexibility index (Phi) is 6.35. The molecule has 0 radical (unpaired) electrons. The van der Waals surface area contributed by atoms with Crippen molar-refractivity contribution in [2.75, 3.05) is 0 Å². The van der Waals surface area contributed by atoms with Crippen LogP contribution in [-0.2, 0) is 6.42 Å². The molecule has 1 aliphatic heterocycles. The van der Waals surface area contributed by atoms with Gasteiger partial charge in [0.1, 0.15) is 0 Å². The van der Waals surface area contributed by atoms with Gasteiger partial charge in [0.05, 0.1) is 17.1 Å². The fraction of sp³-hybridized carbons (Fsp3) is 0.250. The third kappa shape index (κ3) is 4.39. The maximum absolute atomic E-state index is 2.66. The average molecular weight is 534 g/mol. The molecule has 0 bridgehead atoms. The Hall–Kier alpha value is -4.10. The summed E-state index contributed by atoms with van der Waals surface area (Å²) < 4.78 is 2.66. The molecule has 41 heavy (non-hydrogen) atoms. The molecule has 6 aromatic rings. The minimum Gasteiger partial charge on any atom is -0.333 e. The van der Waals surface area contributed by atoms with E-state index in [1.165, 1.54) is 70.8 Å². The van der Waals surface area contributed by atoms with Gasteiger partial charge in [0, 0.05) is 10.8 Å². The summed E-state index contributed by atoms with van der Waals surface area (Å²) in [5, 5.41) is 8.06. The highest BCUT2D eigenvalue weighted by Gasteiger charge is 2.21. The van der Waals surface area contributed by atoms with Crippen molar-refractivity contribution in [2.24, 2.45) is 0 Å². The topological polar surface area (TPSA) is 4.93 Å². The molecule has 1 unspecified atom stereocenters. The monoisotopic (exact) mass is 533 g/mol. The standard InChI is InChI=1S/C40H39N/c1-6-36-21-31-14-12-28(25(2)3)18-30(31)16-17-33-20-34(27-10-8-7-9-11-27)23-38-37-22-35-19-29(26(4)5)13-15-32(35)24-39(37)41(36)40(33)38/h7-16,18-26,36H,6,17H2,1-5H3/b30-16-,31-21-. The number of fused-ring (bicyclic) bond motifs is 5. The van der Waals surface area contributed by atoms with Crippen molar-refractivity contribution < 1.29 is 0 Å². The van der Waals surface area contributed by atoms with Gasteiger partial charge in [0.2, 0.25) is 0 Å². The molecule has 204 valence electrons. The molecular weight excluding hydrogens is 494 g/mol. The number of nitrogens with zero attached hydrogens (tertiary/aromatic N) is 1. The van der Waals surface area contributed by atoms with Crippen molar-refractivity contribution in [1.29, 1.82) is 0 Å². The maximum atomic E-state index is 2.66. The van der Waals surface area contributed by atoms with E-state index in [0.717, 1.165) is 12.8 Å². The van der Waals surface area contributed by atoms with Gasteiger partial charge in [0.15, 0.2) is 0 Å². The molecule has 1 heteroatoms. The van der Waals surface area contributed by atoms with Crippen LogP contribution >= 0.6 is 0 Å². The number of hydrogen-bond donors (Lipinski definition) is 0. The first-order valence-electron chi connectivity index (χ1n) is 15.3. The SMILES string of the molecule is CCC1/C=c2/ccc(C(C)C)c/c2=C/Cc2cc(-c3ccccc3)cc3c4cc5cc(C(C)C)ccc5cc4n1c23. The van der Waals surface area contributed by atoms with E-state index in [2.05, 4.69) is 142 Å². The predicted octanol–water partition coefficient (Wildman–Crippen LogP) is 9.63. The van der Waals surface area contributed by atoms with Gasteiger partial charge < -0.3 is 4.57 Å². The number of rotatable bonds is 4. The molecule has 0 saturated heterocycles. The molecule has 2 heterocycles. The average Bonchev–Trinajstić information content (AvgIpc) is 3.33. The molecule has 0 N–H and O–H groups in total. The molecule has 0 fully saturated rings. The molecule has 0 saturated carbocycles. The van der Waals surface area contributed by atoms with E-state index in [0.29, 0.717) is 11.8 Å². The summed E-state index contributed by atoms with van der Waals surface area (Å²) in [6, 6.07) is 35.0. The third-order valence-electron chi connectivity index (χ3n) is 9.17. The van der Waals surface area contributed by atoms with Crippen LogP contribution in [0.15, 0.2) is 91.0 Å². The Morgan fingerprint density at radius 1 is 0.683 bits per heavy atom. The highest BCUT2D eigenvalue weighted by Crippen LogP contribution is 2.40. The molecule has 0 amide bonds. The van der Waals surface area contributed by atoms with Crippen molar-refractivity contribution in [1.82, 2.24) is 4.57 Å². The van der Waals surface area contributed by atoms with E-state index in [1.54, 1.807) is 0 Å². The summed E-state index contributed by atoms with van der Waals surface area (Å²) in [7, 11) is 0. The number of benzene rings is 5. The fourth-order valence-electron chi connectivity index (χ4n) is 6.76. The molecule has 1 aromatic heterocycles. The van der Waals surface area contributed by atoms with Crippen LogP contribution in [0.4, 0.5) is 0 Å². The predicted molar refractivity (Wildman–Crippen MR) is 178 cm³/mol. The normalized spacial score (nSPS) is 16.7. The zero-order valence-electron chi connectivity index (χ0n) is 24.9. The largest absolute Gasteiger partial charge is 0.333 e. The van der Waals surface area contributed by atoms with Crippen molar-refractivity contribution in [3.63, 3.8) is 0 Å². The van der Waals surface area contributed by atoms with Gasteiger partial charge in [-0.1, -0.05) is 114 Å². The molecule has 1 atom stereocenters. The van der Waals surface area contributed by atoms with Crippen LogP contribution in [0.3, 0.4) is 0 Å². The zero-order chi connectivity index (χ0) is 28.2. The van der Waals surface area contributed by atoms with Crippen LogP contribution in [0.2, 0.25) is 0 Å². The summed E-state index contributed by atoms with van der Waals surface area (Å²) in [5.41, 5.74) is 9.49. The van der Waals surface area contributed by atoms with Crippen LogP contribution in [-0.4, -0.2) is 4.57 Å². The molecular formula is C40H39N.